The summed E-state index contributed by atoms with van der Waals surface area (Å²) in [4.78, 5) is 27.6. The SMILES string of the molecule is CCOC(=O)c1c[nH]cc1C.COC(=O)c1c[nH]cc1C. The zero-order valence-corrected chi connectivity index (χ0v) is 12.6. The molecule has 0 bridgehead atoms. The molecule has 114 valence electrons. The number of esters is 2. The summed E-state index contributed by atoms with van der Waals surface area (Å²) in [6.07, 6.45) is 6.80. The molecule has 6 nitrogen and oxygen atoms in total. The van der Waals surface area contributed by atoms with E-state index in [-0.39, 0.29) is 11.9 Å². The van der Waals surface area contributed by atoms with Crippen molar-refractivity contribution in [2.75, 3.05) is 13.7 Å². The molecular weight excluding hydrogens is 272 g/mol. The van der Waals surface area contributed by atoms with Gasteiger partial charge in [0.05, 0.1) is 24.8 Å². The van der Waals surface area contributed by atoms with Gasteiger partial charge in [0.15, 0.2) is 0 Å². The number of ether oxygens (including phenoxy) is 2. The molecule has 0 aliphatic rings. The van der Waals surface area contributed by atoms with Crippen LogP contribution in [0.15, 0.2) is 24.8 Å². The van der Waals surface area contributed by atoms with E-state index in [2.05, 4.69) is 14.7 Å². The predicted octanol–water partition coefficient (Wildman–Crippen LogP) is 2.61. The Morgan fingerprint density at radius 1 is 0.952 bits per heavy atom. The van der Waals surface area contributed by atoms with Crippen LogP contribution in [0.3, 0.4) is 0 Å². The molecule has 0 aromatic carbocycles. The second-order valence-corrected chi connectivity index (χ2v) is 4.32. The fourth-order valence-corrected chi connectivity index (χ4v) is 1.64. The Morgan fingerprint density at radius 3 is 1.76 bits per heavy atom. The third-order valence-electron chi connectivity index (χ3n) is 2.81. The molecule has 0 atom stereocenters. The van der Waals surface area contributed by atoms with Crippen LogP contribution in [0.1, 0.15) is 38.8 Å². The third kappa shape index (κ3) is 4.52. The Kier molecular flexibility index (Phi) is 6.26. The third-order valence-corrected chi connectivity index (χ3v) is 2.81. The first kappa shape index (κ1) is 16.6. The molecule has 0 aliphatic heterocycles. The van der Waals surface area contributed by atoms with Crippen LogP contribution in [0.2, 0.25) is 0 Å². The lowest BCUT2D eigenvalue weighted by Crippen LogP contribution is -2.04. The van der Waals surface area contributed by atoms with Gasteiger partial charge in [0.1, 0.15) is 0 Å². The van der Waals surface area contributed by atoms with E-state index >= 15 is 0 Å². The monoisotopic (exact) mass is 292 g/mol. The van der Waals surface area contributed by atoms with E-state index in [0.29, 0.717) is 17.7 Å². The van der Waals surface area contributed by atoms with E-state index in [1.54, 1.807) is 31.7 Å². The summed E-state index contributed by atoms with van der Waals surface area (Å²) in [5.74, 6) is -0.551. The number of carbonyl (C=O) groups excluding carboxylic acids is 2. The summed E-state index contributed by atoms with van der Waals surface area (Å²) in [6.45, 7) is 5.93. The zero-order valence-electron chi connectivity index (χ0n) is 12.6. The number of H-pyrrole nitrogens is 2. The Bertz CT molecular complexity index is 598. The van der Waals surface area contributed by atoms with Crippen molar-refractivity contribution in [3.8, 4) is 0 Å². The van der Waals surface area contributed by atoms with E-state index in [9.17, 15) is 9.59 Å². The Hall–Kier alpha value is -2.50. The number of aromatic nitrogens is 2. The highest BCUT2D eigenvalue weighted by Crippen LogP contribution is 2.07. The topological polar surface area (TPSA) is 84.2 Å². The van der Waals surface area contributed by atoms with Gasteiger partial charge in [0.2, 0.25) is 0 Å². The van der Waals surface area contributed by atoms with Gasteiger partial charge in [-0.1, -0.05) is 0 Å². The molecule has 6 heteroatoms. The summed E-state index contributed by atoms with van der Waals surface area (Å²) >= 11 is 0. The number of hydrogen-bond acceptors (Lipinski definition) is 4. The molecule has 0 fully saturated rings. The first-order valence-corrected chi connectivity index (χ1v) is 6.53. The highest BCUT2D eigenvalue weighted by molar-refractivity contribution is 5.91. The summed E-state index contributed by atoms with van der Waals surface area (Å²) in [5.41, 5.74) is 3.05. The minimum atomic E-state index is -0.293. The normalized spacial score (nSPS) is 9.52. The van der Waals surface area contributed by atoms with Gasteiger partial charge in [-0.05, 0) is 31.9 Å². The van der Waals surface area contributed by atoms with Crippen LogP contribution in [0.25, 0.3) is 0 Å². The van der Waals surface area contributed by atoms with Gasteiger partial charge >= 0.3 is 11.9 Å². The van der Waals surface area contributed by atoms with Crippen molar-refractivity contribution >= 4 is 11.9 Å². The maximum atomic E-state index is 11.1. The van der Waals surface area contributed by atoms with Crippen molar-refractivity contribution in [1.82, 2.24) is 9.97 Å². The van der Waals surface area contributed by atoms with Gasteiger partial charge in [-0.25, -0.2) is 9.59 Å². The zero-order chi connectivity index (χ0) is 15.8. The van der Waals surface area contributed by atoms with Crippen molar-refractivity contribution in [2.45, 2.75) is 20.8 Å². The lowest BCUT2D eigenvalue weighted by molar-refractivity contribution is 0.0524. The van der Waals surface area contributed by atoms with Gasteiger partial charge in [-0.2, -0.15) is 0 Å². The van der Waals surface area contributed by atoms with Crippen molar-refractivity contribution in [3.05, 3.63) is 47.0 Å². The van der Waals surface area contributed by atoms with E-state index in [1.165, 1.54) is 7.11 Å². The largest absolute Gasteiger partial charge is 0.465 e. The number of rotatable bonds is 3. The quantitative estimate of drug-likeness (QED) is 0.852. The molecule has 2 heterocycles. The van der Waals surface area contributed by atoms with Gasteiger partial charge in [0, 0.05) is 24.8 Å². The lowest BCUT2D eigenvalue weighted by atomic mass is 10.2. The molecule has 0 amide bonds. The molecule has 2 aromatic rings. The molecule has 0 saturated carbocycles. The molecule has 21 heavy (non-hydrogen) atoms. The minimum absolute atomic E-state index is 0.258. The molecule has 0 saturated heterocycles. The van der Waals surface area contributed by atoms with Crippen LogP contribution >= 0.6 is 0 Å². The number of hydrogen-bond donors (Lipinski definition) is 2. The standard InChI is InChI=1S/C8H11NO2.C7H9NO2/c1-3-11-8(10)7-5-9-4-6(7)2;1-5-3-8-4-6(5)7(9)10-2/h4-5,9H,3H2,1-2H3;3-4,8H,1-2H3. The van der Waals surface area contributed by atoms with Crippen molar-refractivity contribution in [3.63, 3.8) is 0 Å². The molecule has 0 radical (unpaired) electrons. The van der Waals surface area contributed by atoms with Crippen LogP contribution < -0.4 is 0 Å². The highest BCUT2D eigenvalue weighted by Gasteiger charge is 2.09. The Morgan fingerprint density at radius 2 is 1.43 bits per heavy atom. The first-order chi connectivity index (χ1) is 10.0. The highest BCUT2D eigenvalue weighted by atomic mass is 16.5. The average Bonchev–Trinajstić information content (AvgIpc) is 3.07. The minimum Gasteiger partial charge on any atom is -0.465 e. The maximum Gasteiger partial charge on any atom is 0.339 e. The Labute approximate surface area is 123 Å². The first-order valence-electron chi connectivity index (χ1n) is 6.53. The summed E-state index contributed by atoms with van der Waals surface area (Å²) in [6, 6.07) is 0. The smallest absolute Gasteiger partial charge is 0.339 e. The van der Waals surface area contributed by atoms with Crippen LogP contribution in [-0.2, 0) is 9.47 Å². The van der Waals surface area contributed by atoms with Crippen LogP contribution in [0.5, 0.6) is 0 Å². The predicted molar refractivity (Wildman–Crippen MR) is 78.4 cm³/mol. The average molecular weight is 292 g/mol. The molecule has 0 spiro atoms. The molecule has 2 aromatic heterocycles. The van der Waals surface area contributed by atoms with Gasteiger partial charge < -0.3 is 19.4 Å². The van der Waals surface area contributed by atoms with Crippen molar-refractivity contribution < 1.29 is 19.1 Å². The number of methoxy groups -OCH3 is 1. The lowest BCUT2D eigenvalue weighted by Gasteiger charge is -1.98. The number of carbonyl (C=O) groups is 2. The number of aromatic amines is 2. The van der Waals surface area contributed by atoms with E-state index in [0.717, 1.165) is 11.1 Å². The van der Waals surface area contributed by atoms with E-state index in [1.807, 2.05) is 13.8 Å². The van der Waals surface area contributed by atoms with Crippen LogP contribution in [0.4, 0.5) is 0 Å². The van der Waals surface area contributed by atoms with E-state index in [4.69, 9.17) is 4.74 Å². The molecule has 2 rings (SSSR count). The number of aryl methyl sites for hydroxylation is 2. The number of nitrogens with one attached hydrogen (secondary N) is 2. The Balaban J connectivity index is 0.000000211. The molecule has 0 aliphatic carbocycles. The summed E-state index contributed by atoms with van der Waals surface area (Å²) in [5, 5.41) is 0. The molecule has 2 N–H and O–H groups in total. The van der Waals surface area contributed by atoms with Gasteiger partial charge in [-0.3, -0.25) is 0 Å². The van der Waals surface area contributed by atoms with Crippen LogP contribution in [-0.4, -0.2) is 35.6 Å². The fourth-order valence-electron chi connectivity index (χ4n) is 1.64. The second-order valence-electron chi connectivity index (χ2n) is 4.32. The van der Waals surface area contributed by atoms with E-state index < -0.39 is 0 Å². The van der Waals surface area contributed by atoms with Gasteiger partial charge in [0.25, 0.3) is 0 Å². The fraction of sp³-hybridized carbons (Fsp3) is 0.333. The van der Waals surface area contributed by atoms with Crippen molar-refractivity contribution in [1.29, 1.82) is 0 Å². The molecule has 0 unspecified atom stereocenters. The summed E-state index contributed by atoms with van der Waals surface area (Å²) in [7, 11) is 1.37. The van der Waals surface area contributed by atoms with Crippen molar-refractivity contribution in [2.24, 2.45) is 0 Å². The van der Waals surface area contributed by atoms with Crippen LogP contribution in [0, 0.1) is 13.8 Å². The maximum absolute atomic E-state index is 11.1. The second kappa shape index (κ2) is 7.94. The molecular formula is C15H20N2O4. The summed E-state index contributed by atoms with van der Waals surface area (Å²) < 4.78 is 9.32. The van der Waals surface area contributed by atoms with Gasteiger partial charge in [-0.15, -0.1) is 0 Å².